The van der Waals surface area contributed by atoms with E-state index in [1.54, 1.807) is 0 Å². The summed E-state index contributed by atoms with van der Waals surface area (Å²) in [7, 11) is 4.13. The van der Waals surface area contributed by atoms with Crippen molar-refractivity contribution in [1.82, 2.24) is 4.90 Å². The summed E-state index contributed by atoms with van der Waals surface area (Å²) in [4.78, 5) is 13.6. The van der Waals surface area contributed by atoms with Gasteiger partial charge in [-0.2, -0.15) is 0 Å². The molecule has 1 amide bonds. The van der Waals surface area contributed by atoms with E-state index in [-0.39, 0.29) is 17.5 Å². The quantitative estimate of drug-likeness (QED) is 0.843. The van der Waals surface area contributed by atoms with Crippen LogP contribution in [0, 0.1) is 0 Å². The summed E-state index contributed by atoms with van der Waals surface area (Å²) >= 11 is 0. The molecule has 4 nitrogen and oxygen atoms in total. The third-order valence-corrected chi connectivity index (χ3v) is 3.96. The molecule has 3 N–H and O–H groups in total. The molecule has 1 aromatic carbocycles. The standard InChI is InChI=1S/C14H19N3O/c1-17(2)13(14(15)5-6-14)9-3-4-11-10(7-9)8-12(18)16-11/h3-4,7,13H,5-6,8,15H2,1-2H3,(H,16,18). The lowest BCUT2D eigenvalue weighted by atomic mass is 9.94. The number of fused-ring (bicyclic) bond motifs is 1. The lowest BCUT2D eigenvalue weighted by molar-refractivity contribution is -0.115. The summed E-state index contributed by atoms with van der Waals surface area (Å²) in [5.41, 5.74) is 9.54. The molecule has 1 heterocycles. The van der Waals surface area contributed by atoms with Gasteiger partial charge in [0.25, 0.3) is 0 Å². The molecule has 0 saturated heterocycles. The molecule has 96 valence electrons. The summed E-state index contributed by atoms with van der Waals surface area (Å²) in [6, 6.07) is 6.45. The van der Waals surface area contributed by atoms with E-state index in [4.69, 9.17) is 5.73 Å². The summed E-state index contributed by atoms with van der Waals surface area (Å²) in [5.74, 6) is 0.0810. The van der Waals surface area contributed by atoms with Crippen LogP contribution >= 0.6 is 0 Å². The molecular weight excluding hydrogens is 226 g/mol. The SMILES string of the molecule is CN(C)C(c1ccc2c(c1)CC(=O)N2)C1(N)CC1. The van der Waals surface area contributed by atoms with E-state index in [1.165, 1.54) is 5.56 Å². The zero-order valence-electron chi connectivity index (χ0n) is 10.9. The summed E-state index contributed by atoms with van der Waals surface area (Å²) in [5, 5.41) is 2.86. The Bertz CT molecular complexity index is 506. The number of likely N-dealkylation sites (N-methyl/N-ethyl adjacent to an activating group) is 1. The van der Waals surface area contributed by atoms with E-state index in [1.807, 2.05) is 6.07 Å². The van der Waals surface area contributed by atoms with Crippen molar-refractivity contribution in [1.29, 1.82) is 0 Å². The second-order valence-corrected chi connectivity index (χ2v) is 5.74. The fraction of sp³-hybridized carbons (Fsp3) is 0.500. The van der Waals surface area contributed by atoms with E-state index in [0.29, 0.717) is 6.42 Å². The minimum Gasteiger partial charge on any atom is -0.326 e. The first kappa shape index (κ1) is 11.7. The molecule has 0 spiro atoms. The number of nitrogens with zero attached hydrogens (tertiary/aromatic N) is 1. The highest BCUT2D eigenvalue weighted by Gasteiger charge is 2.47. The maximum absolute atomic E-state index is 11.4. The van der Waals surface area contributed by atoms with E-state index in [9.17, 15) is 4.79 Å². The predicted octanol–water partition coefficient (Wildman–Crippen LogP) is 1.28. The zero-order valence-corrected chi connectivity index (χ0v) is 10.9. The van der Waals surface area contributed by atoms with Gasteiger partial charge in [-0.15, -0.1) is 0 Å². The predicted molar refractivity (Wildman–Crippen MR) is 71.4 cm³/mol. The number of amides is 1. The maximum atomic E-state index is 11.4. The van der Waals surface area contributed by atoms with Gasteiger partial charge in [-0.3, -0.25) is 4.79 Å². The molecule has 0 radical (unpaired) electrons. The average Bonchev–Trinajstić information content (AvgIpc) is 2.89. The van der Waals surface area contributed by atoms with Crippen LogP contribution in [0.25, 0.3) is 0 Å². The van der Waals surface area contributed by atoms with Crippen LogP contribution in [0.1, 0.15) is 30.0 Å². The maximum Gasteiger partial charge on any atom is 0.228 e. The van der Waals surface area contributed by atoms with Crippen LogP contribution in [-0.4, -0.2) is 30.4 Å². The summed E-state index contributed by atoms with van der Waals surface area (Å²) < 4.78 is 0. The number of anilines is 1. The van der Waals surface area contributed by atoms with Gasteiger partial charge in [0.05, 0.1) is 12.5 Å². The molecule has 1 aliphatic carbocycles. The Morgan fingerprint density at radius 2 is 2.11 bits per heavy atom. The van der Waals surface area contributed by atoms with E-state index < -0.39 is 0 Å². The molecular formula is C14H19N3O. The third-order valence-electron chi connectivity index (χ3n) is 3.96. The van der Waals surface area contributed by atoms with Crippen molar-refractivity contribution in [3.63, 3.8) is 0 Å². The molecule has 18 heavy (non-hydrogen) atoms. The molecule has 3 rings (SSSR count). The Kier molecular flexibility index (Phi) is 2.47. The number of benzene rings is 1. The van der Waals surface area contributed by atoms with Gasteiger partial charge in [-0.1, -0.05) is 12.1 Å². The van der Waals surface area contributed by atoms with Crippen molar-refractivity contribution >= 4 is 11.6 Å². The molecule has 0 aromatic heterocycles. The first-order chi connectivity index (χ1) is 8.49. The Morgan fingerprint density at radius 3 is 2.72 bits per heavy atom. The van der Waals surface area contributed by atoms with Gasteiger partial charge in [0, 0.05) is 11.2 Å². The first-order valence-electron chi connectivity index (χ1n) is 6.38. The van der Waals surface area contributed by atoms with Crippen molar-refractivity contribution in [2.75, 3.05) is 19.4 Å². The van der Waals surface area contributed by atoms with Crippen molar-refractivity contribution in [3.05, 3.63) is 29.3 Å². The second kappa shape index (κ2) is 3.80. The average molecular weight is 245 g/mol. The number of rotatable bonds is 3. The third kappa shape index (κ3) is 1.82. The van der Waals surface area contributed by atoms with Crippen LogP contribution in [0.2, 0.25) is 0 Å². The molecule has 1 fully saturated rings. The number of nitrogens with two attached hydrogens (primary N) is 1. The lowest BCUT2D eigenvalue weighted by Crippen LogP contribution is -2.39. The Morgan fingerprint density at radius 1 is 1.39 bits per heavy atom. The van der Waals surface area contributed by atoms with Crippen LogP contribution < -0.4 is 11.1 Å². The zero-order chi connectivity index (χ0) is 12.9. The van der Waals surface area contributed by atoms with Gasteiger partial charge in [-0.05, 0) is 44.1 Å². The van der Waals surface area contributed by atoms with Crippen LogP contribution in [0.3, 0.4) is 0 Å². The van der Waals surface area contributed by atoms with Crippen LogP contribution in [0.15, 0.2) is 18.2 Å². The fourth-order valence-corrected chi connectivity index (χ4v) is 2.98. The van der Waals surface area contributed by atoms with Crippen molar-refractivity contribution in [2.24, 2.45) is 5.73 Å². The Labute approximate surface area is 107 Å². The van der Waals surface area contributed by atoms with Gasteiger partial charge in [0.2, 0.25) is 5.91 Å². The molecule has 1 saturated carbocycles. The smallest absolute Gasteiger partial charge is 0.228 e. The van der Waals surface area contributed by atoms with Crippen LogP contribution in [0.4, 0.5) is 5.69 Å². The monoisotopic (exact) mass is 245 g/mol. The molecule has 0 bridgehead atoms. The highest BCUT2D eigenvalue weighted by atomic mass is 16.1. The van der Waals surface area contributed by atoms with E-state index in [2.05, 4.69) is 36.4 Å². The van der Waals surface area contributed by atoms with Crippen molar-refractivity contribution in [3.8, 4) is 0 Å². The largest absolute Gasteiger partial charge is 0.326 e. The topological polar surface area (TPSA) is 58.4 Å². The van der Waals surface area contributed by atoms with Gasteiger partial charge >= 0.3 is 0 Å². The van der Waals surface area contributed by atoms with E-state index >= 15 is 0 Å². The summed E-state index contributed by atoms with van der Waals surface area (Å²) in [6.45, 7) is 0. The van der Waals surface area contributed by atoms with E-state index in [0.717, 1.165) is 24.1 Å². The highest BCUT2D eigenvalue weighted by molar-refractivity contribution is 5.99. The minimum absolute atomic E-state index is 0.0810. The Balaban J connectivity index is 1.97. The molecule has 2 aliphatic rings. The van der Waals surface area contributed by atoms with Gasteiger partial charge in [-0.25, -0.2) is 0 Å². The molecule has 1 aliphatic heterocycles. The van der Waals surface area contributed by atoms with Gasteiger partial charge in [0.1, 0.15) is 0 Å². The number of nitrogens with one attached hydrogen (secondary N) is 1. The number of hydrogen-bond acceptors (Lipinski definition) is 3. The molecule has 4 heteroatoms. The molecule has 1 aromatic rings. The number of carbonyl (C=O) groups is 1. The van der Waals surface area contributed by atoms with Crippen LogP contribution in [0.5, 0.6) is 0 Å². The second-order valence-electron chi connectivity index (χ2n) is 5.74. The van der Waals surface area contributed by atoms with Crippen LogP contribution in [-0.2, 0) is 11.2 Å². The lowest BCUT2D eigenvalue weighted by Gasteiger charge is -2.30. The fourth-order valence-electron chi connectivity index (χ4n) is 2.98. The number of hydrogen-bond donors (Lipinski definition) is 2. The highest BCUT2D eigenvalue weighted by Crippen LogP contribution is 2.46. The first-order valence-corrected chi connectivity index (χ1v) is 6.38. The normalized spacial score (nSPS) is 21.7. The van der Waals surface area contributed by atoms with Gasteiger partial charge < -0.3 is 16.0 Å². The Hall–Kier alpha value is -1.39. The van der Waals surface area contributed by atoms with Gasteiger partial charge in [0.15, 0.2) is 0 Å². The summed E-state index contributed by atoms with van der Waals surface area (Å²) in [6.07, 6.45) is 2.63. The molecule has 1 atom stereocenters. The van der Waals surface area contributed by atoms with Crippen molar-refractivity contribution in [2.45, 2.75) is 30.8 Å². The number of carbonyl (C=O) groups excluding carboxylic acids is 1. The van der Waals surface area contributed by atoms with Crippen molar-refractivity contribution < 1.29 is 4.79 Å². The molecule has 1 unspecified atom stereocenters. The minimum atomic E-state index is -0.0895.